The quantitative estimate of drug-likeness (QED) is 0.371. The van der Waals surface area contributed by atoms with E-state index in [1.807, 2.05) is 31.2 Å². The van der Waals surface area contributed by atoms with E-state index in [1.165, 1.54) is 0 Å². The highest BCUT2D eigenvalue weighted by atomic mass is 32.2. The third-order valence-electron chi connectivity index (χ3n) is 2.08. The lowest BCUT2D eigenvalue weighted by Gasteiger charge is -2.03. The second kappa shape index (κ2) is 5.60. The summed E-state index contributed by atoms with van der Waals surface area (Å²) < 4.78 is 0. The molecule has 0 spiro atoms. The second-order valence-electron chi connectivity index (χ2n) is 3.43. The van der Waals surface area contributed by atoms with E-state index in [1.54, 1.807) is 18.0 Å². The Labute approximate surface area is 104 Å². The van der Waals surface area contributed by atoms with Crippen LogP contribution in [0, 0.1) is 6.92 Å². The average Bonchev–Trinajstić information content (AvgIpc) is 2.37. The van der Waals surface area contributed by atoms with Crippen LogP contribution >= 0.6 is 11.8 Å². The number of nitrogens with zero attached hydrogens (tertiary/aromatic N) is 3. The fraction of sp³-hybridized carbons (Fsp3) is 0.182. The fourth-order valence-corrected chi connectivity index (χ4v) is 2.06. The van der Waals surface area contributed by atoms with E-state index in [0.717, 1.165) is 22.3 Å². The van der Waals surface area contributed by atoms with Gasteiger partial charge in [-0.3, -0.25) is 0 Å². The highest BCUT2D eigenvalue weighted by Gasteiger charge is 2.01. The molecule has 0 aromatic carbocycles. The number of aromatic nitrogens is 3. The van der Waals surface area contributed by atoms with E-state index in [0.29, 0.717) is 5.82 Å². The number of anilines is 1. The van der Waals surface area contributed by atoms with Gasteiger partial charge in [0.05, 0.1) is 5.69 Å². The van der Waals surface area contributed by atoms with Gasteiger partial charge in [-0.15, -0.1) is 0 Å². The summed E-state index contributed by atoms with van der Waals surface area (Å²) in [5.41, 5.74) is 4.43. The smallest absolute Gasteiger partial charge is 0.188 e. The second-order valence-corrected chi connectivity index (χ2v) is 4.37. The van der Waals surface area contributed by atoms with Crippen molar-refractivity contribution in [1.82, 2.24) is 15.0 Å². The van der Waals surface area contributed by atoms with Crippen LogP contribution in [0.4, 0.5) is 5.82 Å². The van der Waals surface area contributed by atoms with Gasteiger partial charge in [-0.05, 0) is 25.1 Å². The lowest BCUT2D eigenvalue weighted by Crippen LogP contribution is -2.08. The Balaban J connectivity index is 2.02. The summed E-state index contributed by atoms with van der Waals surface area (Å²) in [6.45, 7) is 1.95. The van der Waals surface area contributed by atoms with E-state index in [4.69, 9.17) is 5.84 Å². The molecule has 3 N–H and O–H groups in total. The van der Waals surface area contributed by atoms with Crippen LogP contribution < -0.4 is 11.3 Å². The summed E-state index contributed by atoms with van der Waals surface area (Å²) >= 11 is 1.55. The SMILES string of the molecule is Cc1ccnc(SCc2cccc(NN)n2)n1. The van der Waals surface area contributed by atoms with E-state index in [2.05, 4.69) is 20.4 Å². The number of hydrogen-bond acceptors (Lipinski definition) is 6. The van der Waals surface area contributed by atoms with Crippen molar-refractivity contribution in [3.8, 4) is 0 Å². The van der Waals surface area contributed by atoms with Gasteiger partial charge in [0, 0.05) is 17.6 Å². The molecule has 0 unspecified atom stereocenters. The predicted octanol–water partition coefficient (Wildman–Crippen LogP) is 1.76. The van der Waals surface area contributed by atoms with Crippen molar-refractivity contribution >= 4 is 17.6 Å². The lowest BCUT2D eigenvalue weighted by molar-refractivity contribution is 0.930. The average molecular weight is 247 g/mol. The van der Waals surface area contributed by atoms with Crippen LogP contribution in [0.5, 0.6) is 0 Å². The molecule has 0 saturated heterocycles. The maximum absolute atomic E-state index is 5.30. The van der Waals surface area contributed by atoms with Gasteiger partial charge in [-0.25, -0.2) is 20.8 Å². The number of nitrogen functional groups attached to an aromatic ring is 1. The molecule has 0 saturated carbocycles. The molecule has 0 radical (unpaired) electrons. The highest BCUT2D eigenvalue weighted by Crippen LogP contribution is 2.18. The summed E-state index contributed by atoms with van der Waals surface area (Å²) in [4.78, 5) is 12.8. The predicted molar refractivity (Wildman–Crippen MR) is 68.4 cm³/mol. The van der Waals surface area contributed by atoms with Crippen molar-refractivity contribution in [1.29, 1.82) is 0 Å². The van der Waals surface area contributed by atoms with Crippen molar-refractivity contribution in [3.05, 3.63) is 41.9 Å². The molecule has 5 nitrogen and oxygen atoms in total. The molecule has 0 atom stereocenters. The Morgan fingerprint density at radius 2 is 2.18 bits per heavy atom. The van der Waals surface area contributed by atoms with E-state index < -0.39 is 0 Å². The van der Waals surface area contributed by atoms with Crippen LogP contribution in [0.1, 0.15) is 11.4 Å². The minimum Gasteiger partial charge on any atom is -0.308 e. The Hall–Kier alpha value is -1.66. The summed E-state index contributed by atoms with van der Waals surface area (Å²) in [7, 11) is 0. The van der Waals surface area contributed by atoms with Crippen molar-refractivity contribution in [2.24, 2.45) is 5.84 Å². The standard InChI is InChI=1S/C11H13N5S/c1-8-5-6-13-11(14-8)17-7-9-3-2-4-10(15-9)16-12/h2-6H,7,12H2,1H3,(H,15,16). The fourth-order valence-electron chi connectivity index (χ4n) is 1.27. The van der Waals surface area contributed by atoms with Crippen LogP contribution in [-0.4, -0.2) is 15.0 Å². The molecule has 2 aromatic heterocycles. The first-order chi connectivity index (χ1) is 8.28. The molecule has 2 aromatic rings. The molecule has 6 heteroatoms. The first-order valence-corrected chi connectivity index (χ1v) is 6.11. The van der Waals surface area contributed by atoms with E-state index in [9.17, 15) is 0 Å². The zero-order valence-electron chi connectivity index (χ0n) is 9.42. The Kier molecular flexibility index (Phi) is 3.89. The number of pyridine rings is 1. The van der Waals surface area contributed by atoms with Gasteiger partial charge in [0.25, 0.3) is 0 Å². The summed E-state index contributed by atoms with van der Waals surface area (Å²) in [6.07, 6.45) is 1.76. The number of thioether (sulfide) groups is 1. The third-order valence-corrected chi connectivity index (χ3v) is 2.97. The Morgan fingerprint density at radius 1 is 1.29 bits per heavy atom. The molecular formula is C11H13N5S. The minimum absolute atomic E-state index is 0.660. The van der Waals surface area contributed by atoms with Crippen LogP contribution in [0.3, 0.4) is 0 Å². The zero-order valence-corrected chi connectivity index (χ0v) is 10.2. The molecule has 0 amide bonds. The number of hydrogen-bond donors (Lipinski definition) is 2. The van der Waals surface area contributed by atoms with Crippen molar-refractivity contribution in [2.45, 2.75) is 17.8 Å². The molecule has 0 fully saturated rings. The Morgan fingerprint density at radius 3 is 2.94 bits per heavy atom. The highest BCUT2D eigenvalue weighted by molar-refractivity contribution is 7.98. The number of hydrazine groups is 1. The number of aryl methyl sites for hydroxylation is 1. The van der Waals surface area contributed by atoms with Gasteiger partial charge >= 0.3 is 0 Å². The van der Waals surface area contributed by atoms with E-state index >= 15 is 0 Å². The lowest BCUT2D eigenvalue weighted by atomic mass is 10.4. The van der Waals surface area contributed by atoms with Gasteiger partial charge in [-0.2, -0.15) is 0 Å². The van der Waals surface area contributed by atoms with Crippen molar-refractivity contribution in [3.63, 3.8) is 0 Å². The third kappa shape index (κ3) is 3.40. The number of nitrogens with one attached hydrogen (secondary N) is 1. The van der Waals surface area contributed by atoms with Gasteiger partial charge < -0.3 is 5.43 Å². The zero-order chi connectivity index (χ0) is 12.1. The first-order valence-electron chi connectivity index (χ1n) is 5.13. The summed E-state index contributed by atoms with van der Waals surface area (Å²) in [6, 6.07) is 7.55. The first kappa shape index (κ1) is 11.8. The molecule has 0 aliphatic heterocycles. The van der Waals surface area contributed by atoms with E-state index in [-0.39, 0.29) is 0 Å². The maximum Gasteiger partial charge on any atom is 0.188 e. The maximum atomic E-state index is 5.30. The number of rotatable bonds is 4. The van der Waals surface area contributed by atoms with Crippen LogP contribution in [0.25, 0.3) is 0 Å². The molecule has 2 rings (SSSR count). The molecule has 17 heavy (non-hydrogen) atoms. The van der Waals surface area contributed by atoms with Crippen molar-refractivity contribution < 1.29 is 0 Å². The summed E-state index contributed by atoms with van der Waals surface area (Å²) in [5, 5.41) is 0.762. The van der Waals surface area contributed by atoms with Gasteiger partial charge in [0.15, 0.2) is 5.16 Å². The molecule has 0 bridgehead atoms. The van der Waals surface area contributed by atoms with Crippen LogP contribution in [-0.2, 0) is 5.75 Å². The normalized spacial score (nSPS) is 10.2. The molecular weight excluding hydrogens is 234 g/mol. The molecule has 0 aliphatic carbocycles. The van der Waals surface area contributed by atoms with Crippen LogP contribution in [0.2, 0.25) is 0 Å². The largest absolute Gasteiger partial charge is 0.308 e. The number of nitrogens with two attached hydrogens (primary N) is 1. The Bertz CT molecular complexity index is 503. The topological polar surface area (TPSA) is 76.7 Å². The molecule has 88 valence electrons. The monoisotopic (exact) mass is 247 g/mol. The van der Waals surface area contributed by atoms with Gasteiger partial charge in [0.2, 0.25) is 0 Å². The molecule has 2 heterocycles. The van der Waals surface area contributed by atoms with Crippen molar-refractivity contribution in [2.75, 3.05) is 5.43 Å². The minimum atomic E-state index is 0.660. The molecule has 0 aliphatic rings. The van der Waals surface area contributed by atoms with Gasteiger partial charge in [0.1, 0.15) is 5.82 Å². The summed E-state index contributed by atoms with van der Waals surface area (Å²) in [5.74, 6) is 6.68. The van der Waals surface area contributed by atoms with Crippen LogP contribution in [0.15, 0.2) is 35.6 Å². The van der Waals surface area contributed by atoms with Gasteiger partial charge in [-0.1, -0.05) is 17.8 Å².